The first-order valence-electron chi connectivity index (χ1n) is 5.10. The third kappa shape index (κ3) is 4.27. The Labute approximate surface area is 102 Å². The van der Waals surface area contributed by atoms with E-state index in [4.69, 9.17) is 23.2 Å². The lowest BCUT2D eigenvalue weighted by Crippen LogP contribution is -1.89. The fraction of sp³-hybridized carbons (Fsp3) is 0.385. The molecule has 0 heterocycles. The Balaban J connectivity index is 2.72. The Morgan fingerprint density at radius 3 is 2.73 bits per heavy atom. The van der Waals surface area contributed by atoms with Gasteiger partial charge in [-0.1, -0.05) is 35.4 Å². The van der Waals surface area contributed by atoms with Crippen molar-refractivity contribution < 1.29 is 0 Å². The lowest BCUT2D eigenvalue weighted by Gasteiger charge is -2.05. The first-order chi connectivity index (χ1) is 7.13. The summed E-state index contributed by atoms with van der Waals surface area (Å²) in [5.74, 6) is 0.680. The summed E-state index contributed by atoms with van der Waals surface area (Å²) in [6.07, 6.45) is 4.01. The molecule has 0 nitrogen and oxygen atoms in total. The average molecular weight is 243 g/mol. The summed E-state index contributed by atoms with van der Waals surface area (Å²) < 4.78 is 0. The molecule has 0 atom stereocenters. The van der Waals surface area contributed by atoms with Crippen molar-refractivity contribution in [3.8, 4) is 0 Å². The first-order valence-corrected chi connectivity index (χ1v) is 6.01. The van der Waals surface area contributed by atoms with Crippen LogP contribution in [-0.2, 0) is 6.42 Å². The van der Waals surface area contributed by atoms with Crippen LogP contribution in [0.2, 0.25) is 5.02 Å². The van der Waals surface area contributed by atoms with Crippen molar-refractivity contribution in [2.45, 2.75) is 26.7 Å². The molecule has 0 saturated carbocycles. The van der Waals surface area contributed by atoms with Crippen LogP contribution in [0.1, 0.15) is 24.5 Å². The summed E-state index contributed by atoms with van der Waals surface area (Å²) in [6, 6.07) is 6.19. The number of rotatable bonds is 4. The normalized spacial score (nSPS) is 11.9. The highest BCUT2D eigenvalue weighted by atomic mass is 35.5. The number of hydrogen-bond acceptors (Lipinski definition) is 0. The van der Waals surface area contributed by atoms with Crippen molar-refractivity contribution >= 4 is 23.2 Å². The molecular weight excluding hydrogens is 227 g/mol. The minimum absolute atomic E-state index is 0.680. The molecule has 0 bridgehead atoms. The van der Waals surface area contributed by atoms with Gasteiger partial charge in [0.1, 0.15) is 0 Å². The molecule has 0 radical (unpaired) electrons. The molecule has 0 aromatic heterocycles. The molecule has 0 amide bonds. The van der Waals surface area contributed by atoms with E-state index in [2.05, 4.69) is 25.1 Å². The Bertz CT molecular complexity index is 354. The smallest absolute Gasteiger partial charge is 0.0443 e. The van der Waals surface area contributed by atoms with Crippen LogP contribution in [0.4, 0.5) is 0 Å². The van der Waals surface area contributed by atoms with Crippen LogP contribution in [0, 0.1) is 6.92 Å². The number of halogens is 2. The molecule has 2 heteroatoms. The summed E-state index contributed by atoms with van der Waals surface area (Å²) in [6.45, 7) is 4.16. The fourth-order valence-corrected chi connectivity index (χ4v) is 1.88. The molecule has 1 aromatic carbocycles. The van der Waals surface area contributed by atoms with E-state index >= 15 is 0 Å². The first kappa shape index (κ1) is 12.6. The summed E-state index contributed by atoms with van der Waals surface area (Å²) >= 11 is 11.8. The Morgan fingerprint density at radius 2 is 2.13 bits per heavy atom. The molecule has 82 valence electrons. The SMILES string of the molecule is C/C(=C/CCCl)Cc1ccc(C)cc1Cl. The molecular formula is C13H16Cl2. The van der Waals surface area contributed by atoms with Gasteiger partial charge >= 0.3 is 0 Å². The monoisotopic (exact) mass is 242 g/mol. The zero-order valence-electron chi connectivity index (χ0n) is 9.19. The quantitative estimate of drug-likeness (QED) is 0.528. The second-order valence-corrected chi connectivity index (χ2v) is 4.58. The van der Waals surface area contributed by atoms with Crippen molar-refractivity contribution in [2.24, 2.45) is 0 Å². The van der Waals surface area contributed by atoms with Crippen molar-refractivity contribution in [3.63, 3.8) is 0 Å². The molecule has 0 aliphatic rings. The number of aryl methyl sites for hydroxylation is 1. The third-order valence-electron chi connectivity index (χ3n) is 2.28. The van der Waals surface area contributed by atoms with Gasteiger partial charge in [-0.25, -0.2) is 0 Å². The van der Waals surface area contributed by atoms with Crippen LogP contribution in [0.5, 0.6) is 0 Å². The van der Waals surface area contributed by atoms with Gasteiger partial charge in [0.25, 0.3) is 0 Å². The van der Waals surface area contributed by atoms with Gasteiger partial charge < -0.3 is 0 Å². The molecule has 1 aromatic rings. The number of benzene rings is 1. The van der Waals surface area contributed by atoms with Crippen LogP contribution in [0.3, 0.4) is 0 Å². The van der Waals surface area contributed by atoms with Gasteiger partial charge in [-0.05, 0) is 43.9 Å². The number of alkyl halides is 1. The Hall–Kier alpha value is -0.460. The highest BCUT2D eigenvalue weighted by Crippen LogP contribution is 2.20. The molecule has 0 aliphatic heterocycles. The molecule has 0 saturated heterocycles. The van der Waals surface area contributed by atoms with E-state index in [0.717, 1.165) is 17.9 Å². The molecule has 15 heavy (non-hydrogen) atoms. The van der Waals surface area contributed by atoms with Crippen LogP contribution in [0.15, 0.2) is 29.8 Å². The lowest BCUT2D eigenvalue weighted by molar-refractivity contribution is 1.09. The molecule has 0 unspecified atom stereocenters. The van der Waals surface area contributed by atoms with Crippen LogP contribution in [0.25, 0.3) is 0 Å². The van der Waals surface area contributed by atoms with E-state index in [1.165, 1.54) is 16.7 Å². The van der Waals surface area contributed by atoms with E-state index in [1.54, 1.807) is 0 Å². The predicted octanol–water partition coefficient (Wildman–Crippen LogP) is 4.77. The van der Waals surface area contributed by atoms with Crippen molar-refractivity contribution in [3.05, 3.63) is 46.0 Å². The maximum absolute atomic E-state index is 6.15. The van der Waals surface area contributed by atoms with Gasteiger partial charge in [0.15, 0.2) is 0 Å². The zero-order chi connectivity index (χ0) is 11.3. The van der Waals surface area contributed by atoms with Gasteiger partial charge in [0.05, 0.1) is 0 Å². The van der Waals surface area contributed by atoms with Gasteiger partial charge in [-0.2, -0.15) is 0 Å². The molecule has 0 N–H and O–H groups in total. The van der Waals surface area contributed by atoms with E-state index in [0.29, 0.717) is 5.88 Å². The molecule has 0 spiro atoms. The summed E-state index contributed by atoms with van der Waals surface area (Å²) in [5.41, 5.74) is 3.71. The average Bonchev–Trinajstić information content (AvgIpc) is 2.19. The van der Waals surface area contributed by atoms with E-state index in [1.807, 2.05) is 13.0 Å². The maximum atomic E-state index is 6.15. The molecule has 0 aliphatic carbocycles. The summed E-state index contributed by atoms with van der Waals surface area (Å²) in [7, 11) is 0. The highest BCUT2D eigenvalue weighted by Gasteiger charge is 2.00. The topological polar surface area (TPSA) is 0 Å². The minimum atomic E-state index is 0.680. The second-order valence-electron chi connectivity index (χ2n) is 3.80. The van der Waals surface area contributed by atoms with Gasteiger partial charge in [-0.3, -0.25) is 0 Å². The summed E-state index contributed by atoms with van der Waals surface area (Å²) in [5, 5.41) is 0.855. The highest BCUT2D eigenvalue weighted by molar-refractivity contribution is 6.31. The summed E-state index contributed by atoms with van der Waals surface area (Å²) in [4.78, 5) is 0. The maximum Gasteiger partial charge on any atom is 0.0443 e. The molecule has 1 rings (SSSR count). The van der Waals surface area contributed by atoms with Gasteiger partial charge in [0.2, 0.25) is 0 Å². The lowest BCUT2D eigenvalue weighted by atomic mass is 10.0. The van der Waals surface area contributed by atoms with Gasteiger partial charge in [-0.15, -0.1) is 11.6 Å². The van der Waals surface area contributed by atoms with Crippen LogP contribution < -0.4 is 0 Å². The standard InChI is InChI=1S/C13H16Cl2/c1-10(4-3-7-14)8-12-6-5-11(2)9-13(12)15/h4-6,9H,3,7-8H2,1-2H3/b10-4-. The van der Waals surface area contributed by atoms with Crippen molar-refractivity contribution in [1.82, 2.24) is 0 Å². The molecule has 0 fully saturated rings. The predicted molar refractivity (Wildman–Crippen MR) is 69.0 cm³/mol. The minimum Gasteiger partial charge on any atom is -0.126 e. The van der Waals surface area contributed by atoms with Crippen molar-refractivity contribution in [1.29, 1.82) is 0 Å². The third-order valence-corrected chi connectivity index (χ3v) is 2.85. The largest absolute Gasteiger partial charge is 0.126 e. The Morgan fingerprint density at radius 1 is 1.40 bits per heavy atom. The Kier molecular flexibility index (Phi) is 5.21. The van der Waals surface area contributed by atoms with Crippen LogP contribution in [-0.4, -0.2) is 5.88 Å². The fourth-order valence-electron chi connectivity index (χ4n) is 1.47. The van der Waals surface area contributed by atoms with E-state index in [9.17, 15) is 0 Å². The van der Waals surface area contributed by atoms with Crippen molar-refractivity contribution in [2.75, 3.05) is 5.88 Å². The number of hydrogen-bond donors (Lipinski definition) is 0. The van der Waals surface area contributed by atoms with E-state index in [-0.39, 0.29) is 0 Å². The number of allylic oxidation sites excluding steroid dienone is 2. The van der Waals surface area contributed by atoms with Gasteiger partial charge in [0, 0.05) is 10.9 Å². The van der Waals surface area contributed by atoms with E-state index < -0.39 is 0 Å². The zero-order valence-corrected chi connectivity index (χ0v) is 10.7. The van der Waals surface area contributed by atoms with Crippen LogP contribution >= 0.6 is 23.2 Å². The second kappa shape index (κ2) is 6.19.